The van der Waals surface area contributed by atoms with Gasteiger partial charge in [-0.15, -0.1) is 0 Å². The Morgan fingerprint density at radius 1 is 1.39 bits per heavy atom. The van der Waals surface area contributed by atoms with Crippen LogP contribution in [0.4, 0.5) is 5.69 Å². The van der Waals surface area contributed by atoms with E-state index in [1.807, 2.05) is 6.07 Å². The monoisotopic (exact) mass is 311 g/mol. The molecular formula is C16H13N3O4. The van der Waals surface area contributed by atoms with Crippen molar-refractivity contribution in [2.45, 2.75) is 6.92 Å². The number of nitro groups is 1. The Morgan fingerprint density at radius 2 is 2.09 bits per heavy atom. The standard InChI is InChI=1S/C16H13N3O4/c1-2-23-16(20)12(11-17)10-15-4-3-9-18(15)13-5-7-14(8-6-13)19(21)22/h3-10H,2H2,1H3/b12-10+. The van der Waals surface area contributed by atoms with E-state index in [1.165, 1.54) is 18.2 Å². The topological polar surface area (TPSA) is 98.2 Å². The molecule has 116 valence electrons. The molecule has 1 heterocycles. The fourth-order valence-corrected chi connectivity index (χ4v) is 1.98. The summed E-state index contributed by atoms with van der Waals surface area (Å²) in [6, 6.07) is 11.2. The van der Waals surface area contributed by atoms with E-state index in [9.17, 15) is 14.9 Å². The summed E-state index contributed by atoms with van der Waals surface area (Å²) in [6.07, 6.45) is 3.15. The van der Waals surface area contributed by atoms with E-state index in [4.69, 9.17) is 10.00 Å². The predicted molar refractivity (Wildman–Crippen MR) is 82.6 cm³/mol. The number of carbonyl (C=O) groups excluding carboxylic acids is 1. The van der Waals surface area contributed by atoms with E-state index < -0.39 is 10.9 Å². The molecule has 0 unspecified atom stereocenters. The third-order valence-corrected chi connectivity index (χ3v) is 3.03. The Hall–Kier alpha value is -3.40. The van der Waals surface area contributed by atoms with Crippen molar-refractivity contribution in [1.82, 2.24) is 4.57 Å². The average molecular weight is 311 g/mol. The summed E-state index contributed by atoms with van der Waals surface area (Å²) in [5, 5.41) is 19.8. The van der Waals surface area contributed by atoms with Crippen molar-refractivity contribution in [2.24, 2.45) is 0 Å². The minimum Gasteiger partial charge on any atom is -0.462 e. The molecule has 0 atom stereocenters. The Labute approximate surface area is 132 Å². The zero-order valence-electron chi connectivity index (χ0n) is 12.3. The molecule has 0 spiro atoms. The first-order chi connectivity index (χ1) is 11.1. The highest BCUT2D eigenvalue weighted by atomic mass is 16.6. The molecular weight excluding hydrogens is 298 g/mol. The maximum Gasteiger partial charge on any atom is 0.348 e. The molecule has 0 aliphatic rings. The largest absolute Gasteiger partial charge is 0.462 e. The van der Waals surface area contributed by atoms with Gasteiger partial charge < -0.3 is 9.30 Å². The van der Waals surface area contributed by atoms with Gasteiger partial charge in [0.15, 0.2) is 0 Å². The molecule has 0 fully saturated rings. The van der Waals surface area contributed by atoms with E-state index in [0.717, 1.165) is 0 Å². The Morgan fingerprint density at radius 3 is 2.65 bits per heavy atom. The number of benzene rings is 1. The summed E-state index contributed by atoms with van der Waals surface area (Å²) >= 11 is 0. The average Bonchev–Trinajstić information content (AvgIpc) is 3.01. The summed E-state index contributed by atoms with van der Waals surface area (Å²) in [5.74, 6) is -0.688. The van der Waals surface area contributed by atoms with Crippen LogP contribution in [0.1, 0.15) is 12.6 Å². The van der Waals surface area contributed by atoms with Gasteiger partial charge in [-0.2, -0.15) is 5.26 Å². The molecule has 7 nitrogen and oxygen atoms in total. The summed E-state index contributed by atoms with van der Waals surface area (Å²) in [6.45, 7) is 1.84. The number of hydrogen-bond donors (Lipinski definition) is 0. The van der Waals surface area contributed by atoms with Crippen LogP contribution in [0.2, 0.25) is 0 Å². The molecule has 2 rings (SSSR count). The van der Waals surface area contributed by atoms with Crippen LogP contribution in [0.25, 0.3) is 11.8 Å². The zero-order valence-corrected chi connectivity index (χ0v) is 12.3. The summed E-state index contributed by atoms with van der Waals surface area (Å²) in [5.41, 5.74) is 1.13. The van der Waals surface area contributed by atoms with Crippen LogP contribution in [0.5, 0.6) is 0 Å². The number of aromatic nitrogens is 1. The number of carbonyl (C=O) groups is 1. The molecule has 0 N–H and O–H groups in total. The lowest BCUT2D eigenvalue weighted by Gasteiger charge is -2.07. The van der Waals surface area contributed by atoms with Gasteiger partial charge in [-0.05, 0) is 37.3 Å². The van der Waals surface area contributed by atoms with E-state index in [0.29, 0.717) is 11.4 Å². The van der Waals surface area contributed by atoms with Crippen LogP contribution in [-0.4, -0.2) is 22.1 Å². The Bertz CT molecular complexity index is 797. The van der Waals surface area contributed by atoms with Gasteiger partial charge in [0.25, 0.3) is 5.69 Å². The van der Waals surface area contributed by atoms with Crippen molar-refractivity contribution in [3.63, 3.8) is 0 Å². The van der Waals surface area contributed by atoms with Gasteiger partial charge in [0.05, 0.1) is 11.5 Å². The second kappa shape index (κ2) is 7.04. The molecule has 7 heteroatoms. The van der Waals surface area contributed by atoms with E-state index in [2.05, 4.69) is 0 Å². The van der Waals surface area contributed by atoms with Crippen molar-refractivity contribution in [3.05, 3.63) is 64.0 Å². The number of ether oxygens (including phenoxy) is 1. The van der Waals surface area contributed by atoms with Crippen LogP contribution in [0.3, 0.4) is 0 Å². The molecule has 0 aliphatic heterocycles. The highest BCUT2D eigenvalue weighted by Gasteiger charge is 2.12. The maximum absolute atomic E-state index is 11.7. The van der Waals surface area contributed by atoms with Crippen LogP contribution >= 0.6 is 0 Å². The lowest BCUT2D eigenvalue weighted by atomic mass is 10.2. The van der Waals surface area contributed by atoms with Crippen LogP contribution in [0.15, 0.2) is 48.2 Å². The highest BCUT2D eigenvalue weighted by Crippen LogP contribution is 2.19. The minimum atomic E-state index is -0.688. The predicted octanol–water partition coefficient (Wildman–Crippen LogP) is 2.86. The summed E-state index contributed by atoms with van der Waals surface area (Å²) in [4.78, 5) is 21.9. The molecule has 0 radical (unpaired) electrons. The Balaban J connectivity index is 2.37. The number of non-ortho nitro benzene ring substituents is 1. The van der Waals surface area contributed by atoms with Crippen LogP contribution in [-0.2, 0) is 9.53 Å². The van der Waals surface area contributed by atoms with Gasteiger partial charge in [-0.1, -0.05) is 0 Å². The first-order valence-electron chi connectivity index (χ1n) is 6.78. The van der Waals surface area contributed by atoms with Gasteiger partial charge in [-0.3, -0.25) is 10.1 Å². The SMILES string of the molecule is CCOC(=O)/C(C#N)=C/c1cccn1-c1ccc([N+](=O)[O-])cc1. The third kappa shape index (κ3) is 3.63. The fraction of sp³-hybridized carbons (Fsp3) is 0.125. The van der Waals surface area contributed by atoms with E-state index in [-0.39, 0.29) is 17.9 Å². The molecule has 0 amide bonds. The molecule has 0 saturated heterocycles. The molecule has 0 aliphatic carbocycles. The number of esters is 1. The maximum atomic E-state index is 11.7. The van der Waals surface area contributed by atoms with E-state index in [1.54, 1.807) is 42.0 Å². The molecule has 0 bridgehead atoms. The summed E-state index contributed by atoms with van der Waals surface area (Å²) < 4.78 is 6.53. The quantitative estimate of drug-likeness (QED) is 0.278. The second-order valence-corrected chi connectivity index (χ2v) is 4.47. The smallest absolute Gasteiger partial charge is 0.348 e. The van der Waals surface area contributed by atoms with Crippen molar-refractivity contribution in [3.8, 4) is 11.8 Å². The minimum absolute atomic E-state index is 0.0118. The lowest BCUT2D eigenvalue weighted by molar-refractivity contribution is -0.384. The molecule has 0 saturated carbocycles. The number of nitrogens with zero attached hydrogens (tertiary/aromatic N) is 3. The third-order valence-electron chi connectivity index (χ3n) is 3.03. The van der Waals surface area contributed by atoms with Crippen molar-refractivity contribution >= 4 is 17.7 Å². The van der Waals surface area contributed by atoms with E-state index >= 15 is 0 Å². The lowest BCUT2D eigenvalue weighted by Crippen LogP contribution is -2.06. The molecule has 23 heavy (non-hydrogen) atoms. The van der Waals surface area contributed by atoms with Gasteiger partial charge >= 0.3 is 5.97 Å². The normalized spacial score (nSPS) is 10.9. The van der Waals surface area contributed by atoms with Gasteiger partial charge in [-0.25, -0.2) is 4.79 Å². The molecule has 1 aromatic carbocycles. The van der Waals surface area contributed by atoms with Crippen molar-refractivity contribution in [2.75, 3.05) is 6.61 Å². The second-order valence-electron chi connectivity index (χ2n) is 4.47. The first kappa shape index (κ1) is 16.0. The van der Waals surface area contributed by atoms with Gasteiger partial charge in [0, 0.05) is 29.7 Å². The van der Waals surface area contributed by atoms with Gasteiger partial charge in [0.2, 0.25) is 0 Å². The van der Waals surface area contributed by atoms with Gasteiger partial charge in [0.1, 0.15) is 11.6 Å². The number of nitro benzene ring substituents is 1. The van der Waals surface area contributed by atoms with Crippen LogP contribution in [0, 0.1) is 21.4 Å². The molecule has 1 aromatic heterocycles. The Kier molecular flexibility index (Phi) is 4.89. The number of nitriles is 1. The van der Waals surface area contributed by atoms with Crippen molar-refractivity contribution in [1.29, 1.82) is 5.26 Å². The number of rotatable bonds is 5. The first-order valence-corrected chi connectivity index (χ1v) is 6.78. The van der Waals surface area contributed by atoms with Crippen molar-refractivity contribution < 1.29 is 14.5 Å². The summed E-state index contributed by atoms with van der Waals surface area (Å²) in [7, 11) is 0. The number of hydrogen-bond acceptors (Lipinski definition) is 5. The molecule has 2 aromatic rings. The highest BCUT2D eigenvalue weighted by molar-refractivity contribution is 5.97. The zero-order chi connectivity index (χ0) is 16.8. The fourth-order valence-electron chi connectivity index (χ4n) is 1.98. The van der Waals surface area contributed by atoms with Crippen LogP contribution < -0.4 is 0 Å².